The first-order chi connectivity index (χ1) is 9.91. The number of aliphatic hydroxyl groups excluding tert-OH is 1. The van der Waals surface area contributed by atoms with Crippen molar-refractivity contribution in [3.05, 3.63) is 42.5 Å². The Morgan fingerprint density at radius 2 is 2.14 bits per heavy atom. The van der Waals surface area contributed by atoms with Gasteiger partial charge in [-0.05, 0) is 26.0 Å². The van der Waals surface area contributed by atoms with E-state index in [9.17, 15) is 9.18 Å². The number of carbonyl (C=O) groups is 1. The van der Waals surface area contributed by atoms with Crippen molar-refractivity contribution >= 4 is 11.7 Å². The summed E-state index contributed by atoms with van der Waals surface area (Å²) in [6, 6.07) is 5.74. The Morgan fingerprint density at radius 3 is 2.81 bits per heavy atom. The SMILES string of the molecule is CC(C)(CO)NC(=O)Nc1cnn(-c2ccccc2F)c1. The van der Waals surface area contributed by atoms with Gasteiger partial charge in [-0.1, -0.05) is 12.1 Å². The van der Waals surface area contributed by atoms with Crippen LogP contribution in [-0.2, 0) is 0 Å². The van der Waals surface area contributed by atoms with Crippen LogP contribution in [0.25, 0.3) is 5.69 Å². The summed E-state index contributed by atoms with van der Waals surface area (Å²) in [6.07, 6.45) is 2.92. The normalized spacial score (nSPS) is 11.2. The second-order valence-electron chi connectivity index (χ2n) is 5.25. The third-order valence-corrected chi connectivity index (χ3v) is 2.79. The summed E-state index contributed by atoms with van der Waals surface area (Å²) in [7, 11) is 0. The smallest absolute Gasteiger partial charge is 0.319 e. The molecule has 0 bridgehead atoms. The molecule has 2 aromatic rings. The molecule has 0 atom stereocenters. The van der Waals surface area contributed by atoms with Crippen molar-refractivity contribution in [2.45, 2.75) is 19.4 Å². The highest BCUT2D eigenvalue weighted by molar-refractivity contribution is 5.89. The van der Waals surface area contributed by atoms with Gasteiger partial charge in [0.05, 0.1) is 30.2 Å². The molecule has 0 saturated carbocycles. The molecule has 1 aromatic heterocycles. The Bertz CT molecular complexity index is 639. The summed E-state index contributed by atoms with van der Waals surface area (Å²) in [4.78, 5) is 11.8. The van der Waals surface area contributed by atoms with Crippen LogP contribution in [0.3, 0.4) is 0 Å². The number of urea groups is 1. The third kappa shape index (κ3) is 3.79. The maximum Gasteiger partial charge on any atom is 0.319 e. The van der Waals surface area contributed by atoms with Crippen molar-refractivity contribution < 1.29 is 14.3 Å². The molecule has 1 heterocycles. The van der Waals surface area contributed by atoms with Gasteiger partial charge in [0.15, 0.2) is 0 Å². The Kier molecular flexibility index (Phi) is 4.23. The standard InChI is InChI=1S/C14H17FN4O2/c1-14(2,9-20)18-13(21)17-10-7-16-19(8-10)12-6-4-3-5-11(12)15/h3-8,20H,9H2,1-2H3,(H2,17,18,21). The zero-order chi connectivity index (χ0) is 15.5. The number of halogens is 1. The van der Waals surface area contributed by atoms with Gasteiger partial charge in [0.25, 0.3) is 0 Å². The Labute approximate surface area is 121 Å². The van der Waals surface area contributed by atoms with Gasteiger partial charge in [-0.15, -0.1) is 0 Å². The lowest BCUT2D eigenvalue weighted by molar-refractivity contribution is 0.187. The zero-order valence-electron chi connectivity index (χ0n) is 11.8. The van der Waals surface area contributed by atoms with Gasteiger partial charge in [-0.25, -0.2) is 13.9 Å². The largest absolute Gasteiger partial charge is 0.394 e. The Morgan fingerprint density at radius 1 is 1.43 bits per heavy atom. The second-order valence-corrected chi connectivity index (χ2v) is 5.25. The first-order valence-electron chi connectivity index (χ1n) is 6.41. The van der Waals surface area contributed by atoms with Crippen LogP contribution in [-0.4, -0.2) is 33.1 Å². The molecule has 1 aromatic carbocycles. The van der Waals surface area contributed by atoms with Crippen LogP contribution in [0, 0.1) is 5.82 Å². The van der Waals surface area contributed by atoms with E-state index in [0.29, 0.717) is 11.4 Å². The van der Waals surface area contributed by atoms with Crippen LogP contribution in [0.1, 0.15) is 13.8 Å². The summed E-state index contributed by atoms with van der Waals surface area (Å²) >= 11 is 0. The first-order valence-corrected chi connectivity index (χ1v) is 6.41. The number of para-hydroxylation sites is 1. The van der Waals surface area contributed by atoms with E-state index in [1.807, 2.05) is 0 Å². The minimum atomic E-state index is -0.731. The maximum absolute atomic E-state index is 13.6. The molecule has 0 aliphatic carbocycles. The number of aliphatic hydroxyl groups is 1. The molecule has 0 spiro atoms. The average molecular weight is 292 g/mol. The fraction of sp³-hybridized carbons (Fsp3) is 0.286. The van der Waals surface area contributed by atoms with Gasteiger partial charge in [-0.3, -0.25) is 0 Å². The van der Waals surface area contributed by atoms with Crippen molar-refractivity contribution in [2.75, 3.05) is 11.9 Å². The van der Waals surface area contributed by atoms with Crippen molar-refractivity contribution in [3.63, 3.8) is 0 Å². The van der Waals surface area contributed by atoms with E-state index in [2.05, 4.69) is 15.7 Å². The van der Waals surface area contributed by atoms with E-state index in [1.165, 1.54) is 23.1 Å². The molecular weight excluding hydrogens is 275 g/mol. The number of anilines is 1. The molecule has 0 aliphatic heterocycles. The molecule has 0 fully saturated rings. The number of hydrogen-bond donors (Lipinski definition) is 3. The van der Waals surface area contributed by atoms with Crippen LogP contribution in [0.5, 0.6) is 0 Å². The summed E-state index contributed by atoms with van der Waals surface area (Å²) in [6.45, 7) is 3.19. The molecule has 0 radical (unpaired) electrons. The lowest BCUT2D eigenvalue weighted by Gasteiger charge is -2.23. The van der Waals surface area contributed by atoms with E-state index < -0.39 is 17.4 Å². The Hall–Kier alpha value is -2.41. The fourth-order valence-corrected chi connectivity index (χ4v) is 1.67. The van der Waals surface area contributed by atoms with Gasteiger partial charge in [0.2, 0.25) is 0 Å². The molecule has 112 valence electrons. The summed E-state index contributed by atoms with van der Waals surface area (Å²) in [5.74, 6) is -0.405. The van der Waals surface area contributed by atoms with Gasteiger partial charge < -0.3 is 15.7 Å². The number of nitrogens with zero attached hydrogens (tertiary/aromatic N) is 2. The van der Waals surface area contributed by atoms with Crippen LogP contribution in [0.4, 0.5) is 14.9 Å². The number of carbonyl (C=O) groups excluding carboxylic acids is 1. The molecule has 3 N–H and O–H groups in total. The monoisotopic (exact) mass is 292 g/mol. The number of benzene rings is 1. The summed E-state index contributed by atoms with van der Waals surface area (Å²) in [5, 5.41) is 18.3. The van der Waals surface area contributed by atoms with Gasteiger partial charge in [0.1, 0.15) is 11.5 Å². The van der Waals surface area contributed by atoms with E-state index in [1.54, 1.807) is 32.0 Å². The highest BCUT2D eigenvalue weighted by Crippen LogP contribution is 2.14. The first kappa shape index (κ1) is 15.0. The number of amides is 2. The highest BCUT2D eigenvalue weighted by atomic mass is 19.1. The van der Waals surface area contributed by atoms with E-state index in [0.717, 1.165) is 0 Å². The molecular formula is C14H17FN4O2. The fourth-order valence-electron chi connectivity index (χ4n) is 1.67. The van der Waals surface area contributed by atoms with Crippen LogP contribution < -0.4 is 10.6 Å². The number of rotatable bonds is 4. The predicted octanol–water partition coefficient (Wildman–Crippen LogP) is 1.90. The number of hydrogen-bond acceptors (Lipinski definition) is 3. The van der Waals surface area contributed by atoms with E-state index in [-0.39, 0.29) is 6.61 Å². The predicted molar refractivity (Wildman–Crippen MR) is 76.8 cm³/mol. The van der Waals surface area contributed by atoms with Crippen molar-refractivity contribution in [1.82, 2.24) is 15.1 Å². The molecule has 6 nitrogen and oxygen atoms in total. The van der Waals surface area contributed by atoms with E-state index in [4.69, 9.17) is 5.11 Å². The zero-order valence-corrected chi connectivity index (χ0v) is 11.8. The van der Waals surface area contributed by atoms with Gasteiger partial charge >= 0.3 is 6.03 Å². The van der Waals surface area contributed by atoms with Gasteiger partial charge in [0, 0.05) is 0 Å². The minimum absolute atomic E-state index is 0.186. The molecule has 7 heteroatoms. The Balaban J connectivity index is 2.08. The van der Waals surface area contributed by atoms with Crippen LogP contribution in [0.15, 0.2) is 36.7 Å². The number of nitrogens with one attached hydrogen (secondary N) is 2. The van der Waals surface area contributed by atoms with E-state index >= 15 is 0 Å². The molecule has 0 unspecified atom stereocenters. The van der Waals surface area contributed by atoms with Crippen molar-refractivity contribution in [2.24, 2.45) is 0 Å². The quantitative estimate of drug-likeness (QED) is 0.805. The second kappa shape index (κ2) is 5.92. The molecule has 2 rings (SSSR count). The summed E-state index contributed by atoms with van der Waals surface area (Å²) < 4.78 is 15.0. The highest BCUT2D eigenvalue weighted by Gasteiger charge is 2.19. The number of aromatic nitrogens is 2. The van der Waals surface area contributed by atoms with Crippen molar-refractivity contribution in [1.29, 1.82) is 0 Å². The average Bonchev–Trinajstić information content (AvgIpc) is 2.86. The van der Waals surface area contributed by atoms with Crippen molar-refractivity contribution in [3.8, 4) is 5.69 Å². The molecule has 0 aliphatic rings. The maximum atomic E-state index is 13.6. The molecule has 21 heavy (non-hydrogen) atoms. The lowest BCUT2D eigenvalue weighted by atomic mass is 10.1. The molecule has 0 saturated heterocycles. The van der Waals surface area contributed by atoms with Crippen LogP contribution in [0.2, 0.25) is 0 Å². The summed E-state index contributed by atoms with van der Waals surface area (Å²) in [5.41, 5.74) is -0.0165. The van der Waals surface area contributed by atoms with Gasteiger partial charge in [-0.2, -0.15) is 5.10 Å². The minimum Gasteiger partial charge on any atom is -0.394 e. The van der Waals surface area contributed by atoms with Crippen LogP contribution >= 0.6 is 0 Å². The molecule has 2 amide bonds. The topological polar surface area (TPSA) is 79.2 Å². The third-order valence-electron chi connectivity index (χ3n) is 2.79. The lowest BCUT2D eigenvalue weighted by Crippen LogP contribution is -2.48.